The maximum Gasteiger partial charge on any atom is 0.110 e. The second-order valence-corrected chi connectivity index (χ2v) is 7.73. The lowest BCUT2D eigenvalue weighted by Crippen LogP contribution is -2.11. The summed E-state index contributed by atoms with van der Waals surface area (Å²) < 4.78 is 0. The van der Waals surface area contributed by atoms with Crippen LogP contribution in [0.4, 0.5) is 0 Å². The standard InChI is InChI=1S/C17H28N2S/c18-16(13-11-12-13)17-19-14-9-7-5-3-1-2-4-6-8-10-15(14)20-17/h13,16H,1-12,18H2. The number of nitrogens with zero attached hydrogens (tertiary/aromatic N) is 1. The summed E-state index contributed by atoms with van der Waals surface area (Å²) in [6.07, 6.45) is 16.2. The number of rotatable bonds is 2. The molecule has 0 bridgehead atoms. The maximum atomic E-state index is 6.35. The van der Waals surface area contributed by atoms with Crippen molar-refractivity contribution in [2.24, 2.45) is 11.7 Å². The molecule has 0 spiro atoms. The van der Waals surface area contributed by atoms with Crippen molar-refractivity contribution in [2.75, 3.05) is 0 Å². The summed E-state index contributed by atoms with van der Waals surface area (Å²) in [6, 6.07) is 0.225. The molecule has 1 aromatic heterocycles. The summed E-state index contributed by atoms with van der Waals surface area (Å²) in [4.78, 5) is 6.49. The van der Waals surface area contributed by atoms with E-state index in [9.17, 15) is 0 Å². The number of aromatic nitrogens is 1. The van der Waals surface area contributed by atoms with Gasteiger partial charge in [-0.25, -0.2) is 4.98 Å². The van der Waals surface area contributed by atoms with Crippen LogP contribution in [0.2, 0.25) is 0 Å². The lowest BCUT2D eigenvalue weighted by Gasteiger charge is -2.06. The van der Waals surface area contributed by atoms with Crippen molar-refractivity contribution < 1.29 is 0 Å². The first kappa shape index (κ1) is 14.5. The van der Waals surface area contributed by atoms with Crippen LogP contribution in [0.25, 0.3) is 0 Å². The molecule has 3 heteroatoms. The van der Waals surface area contributed by atoms with Gasteiger partial charge in [0.2, 0.25) is 0 Å². The number of aryl methyl sites for hydroxylation is 2. The molecule has 2 N–H and O–H groups in total. The van der Waals surface area contributed by atoms with Gasteiger partial charge in [-0.2, -0.15) is 0 Å². The van der Waals surface area contributed by atoms with Crippen LogP contribution in [-0.2, 0) is 12.8 Å². The van der Waals surface area contributed by atoms with Crippen molar-refractivity contribution in [3.8, 4) is 0 Å². The summed E-state index contributed by atoms with van der Waals surface area (Å²) in [5, 5.41) is 1.23. The second-order valence-electron chi connectivity index (χ2n) is 6.61. The zero-order chi connectivity index (χ0) is 13.8. The zero-order valence-corrected chi connectivity index (χ0v) is 13.4. The quantitative estimate of drug-likeness (QED) is 0.852. The highest BCUT2D eigenvalue weighted by Gasteiger charge is 2.32. The van der Waals surface area contributed by atoms with Crippen LogP contribution in [0, 0.1) is 5.92 Å². The van der Waals surface area contributed by atoms with E-state index in [0.29, 0.717) is 0 Å². The van der Waals surface area contributed by atoms with Crippen LogP contribution in [0.3, 0.4) is 0 Å². The number of fused-ring (bicyclic) bond motifs is 1. The second kappa shape index (κ2) is 7.04. The Kier molecular flexibility index (Phi) is 5.11. The van der Waals surface area contributed by atoms with Crippen molar-refractivity contribution in [3.05, 3.63) is 15.6 Å². The fourth-order valence-corrected chi connectivity index (χ4v) is 4.48. The third kappa shape index (κ3) is 3.82. The molecule has 1 fully saturated rings. The molecule has 1 atom stereocenters. The van der Waals surface area contributed by atoms with E-state index in [1.165, 1.54) is 87.8 Å². The van der Waals surface area contributed by atoms with Gasteiger partial charge in [0.15, 0.2) is 0 Å². The molecule has 1 saturated carbocycles. The SMILES string of the molecule is NC(c1nc2c(s1)CCCCCCCCCC2)C1CC1. The first-order valence-corrected chi connectivity index (χ1v) is 9.40. The maximum absolute atomic E-state index is 6.35. The monoisotopic (exact) mass is 292 g/mol. The Morgan fingerprint density at radius 2 is 1.50 bits per heavy atom. The van der Waals surface area contributed by atoms with Crippen molar-refractivity contribution in [2.45, 2.75) is 83.1 Å². The van der Waals surface area contributed by atoms with Gasteiger partial charge < -0.3 is 5.73 Å². The van der Waals surface area contributed by atoms with Crippen LogP contribution in [-0.4, -0.2) is 4.98 Å². The molecule has 2 nitrogen and oxygen atoms in total. The van der Waals surface area contributed by atoms with Gasteiger partial charge in [0.25, 0.3) is 0 Å². The molecule has 0 aliphatic heterocycles. The van der Waals surface area contributed by atoms with E-state index in [1.54, 1.807) is 4.88 Å². The van der Waals surface area contributed by atoms with Gasteiger partial charge in [-0.15, -0.1) is 11.3 Å². The normalized spacial score (nSPS) is 23.4. The van der Waals surface area contributed by atoms with E-state index >= 15 is 0 Å². The predicted octanol–water partition coefficient (Wildman–Crippen LogP) is 4.77. The van der Waals surface area contributed by atoms with E-state index < -0.39 is 0 Å². The molecular weight excluding hydrogens is 264 g/mol. The largest absolute Gasteiger partial charge is 0.322 e. The van der Waals surface area contributed by atoms with Crippen LogP contribution in [0.5, 0.6) is 0 Å². The first-order valence-electron chi connectivity index (χ1n) is 8.58. The molecule has 112 valence electrons. The Hall–Kier alpha value is -0.410. The van der Waals surface area contributed by atoms with E-state index in [0.717, 1.165) is 5.92 Å². The lowest BCUT2D eigenvalue weighted by molar-refractivity contribution is 0.558. The highest BCUT2D eigenvalue weighted by atomic mass is 32.1. The van der Waals surface area contributed by atoms with E-state index in [4.69, 9.17) is 10.7 Å². The lowest BCUT2D eigenvalue weighted by atomic mass is 10.0. The first-order chi connectivity index (χ1) is 9.84. The molecule has 0 saturated heterocycles. The van der Waals surface area contributed by atoms with Gasteiger partial charge in [-0.3, -0.25) is 0 Å². The molecule has 0 amide bonds. The highest BCUT2D eigenvalue weighted by Crippen LogP contribution is 2.41. The molecule has 3 rings (SSSR count). The Morgan fingerprint density at radius 1 is 0.900 bits per heavy atom. The number of nitrogens with two attached hydrogens (primary N) is 1. The van der Waals surface area contributed by atoms with Crippen LogP contribution < -0.4 is 5.73 Å². The summed E-state index contributed by atoms with van der Waals surface area (Å²) in [6.45, 7) is 0. The van der Waals surface area contributed by atoms with Crippen LogP contribution >= 0.6 is 11.3 Å². The zero-order valence-electron chi connectivity index (χ0n) is 12.6. The fourth-order valence-electron chi connectivity index (χ4n) is 3.23. The molecule has 1 heterocycles. The van der Waals surface area contributed by atoms with E-state index in [-0.39, 0.29) is 6.04 Å². The minimum absolute atomic E-state index is 0.225. The van der Waals surface area contributed by atoms with Crippen molar-refractivity contribution >= 4 is 11.3 Å². The van der Waals surface area contributed by atoms with Crippen molar-refractivity contribution in [1.29, 1.82) is 0 Å². The summed E-state index contributed by atoms with van der Waals surface area (Å²) in [5.74, 6) is 0.726. The van der Waals surface area contributed by atoms with Crippen LogP contribution in [0.1, 0.15) is 85.8 Å². The summed E-state index contributed by atoms with van der Waals surface area (Å²) in [5.41, 5.74) is 7.74. The van der Waals surface area contributed by atoms with E-state index in [1.807, 2.05) is 11.3 Å². The van der Waals surface area contributed by atoms with Gasteiger partial charge in [0.05, 0.1) is 11.7 Å². The molecule has 2 aliphatic carbocycles. The fraction of sp³-hybridized carbons (Fsp3) is 0.824. The Bertz CT molecular complexity index is 393. The molecule has 1 aromatic rings. The molecule has 1 unspecified atom stereocenters. The third-order valence-electron chi connectivity index (χ3n) is 4.78. The third-order valence-corrected chi connectivity index (χ3v) is 6.04. The summed E-state index contributed by atoms with van der Waals surface area (Å²) in [7, 11) is 0. The number of hydrogen-bond acceptors (Lipinski definition) is 3. The van der Waals surface area contributed by atoms with Gasteiger partial charge in [-0.05, 0) is 44.4 Å². The average molecular weight is 292 g/mol. The van der Waals surface area contributed by atoms with Gasteiger partial charge >= 0.3 is 0 Å². The Labute approximate surface area is 127 Å². The molecule has 20 heavy (non-hydrogen) atoms. The minimum Gasteiger partial charge on any atom is -0.322 e. The smallest absolute Gasteiger partial charge is 0.110 e. The summed E-state index contributed by atoms with van der Waals surface area (Å²) >= 11 is 1.93. The van der Waals surface area contributed by atoms with Gasteiger partial charge in [0.1, 0.15) is 5.01 Å². The Balaban J connectivity index is 1.69. The molecule has 2 aliphatic rings. The Morgan fingerprint density at radius 3 is 2.15 bits per heavy atom. The topological polar surface area (TPSA) is 38.9 Å². The highest BCUT2D eigenvalue weighted by molar-refractivity contribution is 7.11. The molecule has 0 radical (unpaired) electrons. The van der Waals surface area contributed by atoms with E-state index in [2.05, 4.69) is 0 Å². The number of thiazole rings is 1. The van der Waals surface area contributed by atoms with Crippen molar-refractivity contribution in [3.63, 3.8) is 0 Å². The predicted molar refractivity (Wildman–Crippen MR) is 86.1 cm³/mol. The average Bonchev–Trinajstić information content (AvgIpc) is 3.21. The number of hydrogen-bond donors (Lipinski definition) is 1. The van der Waals surface area contributed by atoms with Gasteiger partial charge in [0, 0.05) is 4.88 Å². The van der Waals surface area contributed by atoms with Gasteiger partial charge in [-0.1, -0.05) is 38.5 Å². The minimum atomic E-state index is 0.225. The van der Waals surface area contributed by atoms with Crippen molar-refractivity contribution in [1.82, 2.24) is 4.98 Å². The molecular formula is C17H28N2S. The molecule has 0 aromatic carbocycles. The van der Waals surface area contributed by atoms with Crippen LogP contribution in [0.15, 0.2) is 0 Å².